The van der Waals surface area contributed by atoms with Gasteiger partial charge in [-0.2, -0.15) is 0 Å². The Morgan fingerprint density at radius 2 is 2.43 bits per heavy atom. The van der Waals surface area contributed by atoms with E-state index in [4.69, 9.17) is 5.73 Å². The molecule has 0 radical (unpaired) electrons. The Kier molecular flexibility index (Phi) is 2.79. The summed E-state index contributed by atoms with van der Waals surface area (Å²) >= 11 is 0. The fraction of sp³-hybridized carbons (Fsp3) is 0.778. The third kappa shape index (κ3) is 1.93. The molecule has 1 aromatic heterocycles. The molecule has 3 N–H and O–H groups in total. The first-order chi connectivity index (χ1) is 6.79. The Hall–Kier alpha value is -0.940. The van der Waals surface area contributed by atoms with Crippen LogP contribution in [-0.2, 0) is 13.1 Å². The number of aromatic nitrogens is 3. The van der Waals surface area contributed by atoms with Crippen molar-refractivity contribution in [1.82, 2.24) is 20.1 Å². The van der Waals surface area contributed by atoms with Crippen LogP contribution in [0.5, 0.6) is 0 Å². The summed E-state index contributed by atoms with van der Waals surface area (Å²) < 4.78 is 2.05. The molecule has 1 aliphatic carbocycles. The molecule has 0 saturated heterocycles. The summed E-state index contributed by atoms with van der Waals surface area (Å²) in [5.74, 6) is 1.01. The molecule has 5 nitrogen and oxygen atoms in total. The van der Waals surface area contributed by atoms with Gasteiger partial charge in [-0.25, -0.2) is 0 Å². The molecule has 2 rings (SSSR count). The van der Waals surface area contributed by atoms with Crippen LogP contribution in [-0.4, -0.2) is 26.8 Å². The van der Waals surface area contributed by atoms with Gasteiger partial charge in [-0.3, -0.25) is 0 Å². The molecule has 1 fully saturated rings. The molecule has 1 heterocycles. The van der Waals surface area contributed by atoms with Crippen LogP contribution < -0.4 is 11.1 Å². The van der Waals surface area contributed by atoms with Crippen molar-refractivity contribution in [2.75, 3.05) is 0 Å². The first-order valence-corrected chi connectivity index (χ1v) is 5.15. The van der Waals surface area contributed by atoms with E-state index in [0.717, 1.165) is 31.8 Å². The van der Waals surface area contributed by atoms with Gasteiger partial charge in [0.25, 0.3) is 0 Å². The normalized spacial score (nSPS) is 26.1. The van der Waals surface area contributed by atoms with Crippen LogP contribution in [0, 0.1) is 0 Å². The summed E-state index contributed by atoms with van der Waals surface area (Å²) in [6.45, 7) is 3.81. The van der Waals surface area contributed by atoms with Crippen LogP contribution in [0.2, 0.25) is 0 Å². The second-order valence-electron chi connectivity index (χ2n) is 3.84. The van der Waals surface area contributed by atoms with Crippen molar-refractivity contribution in [3.05, 3.63) is 12.2 Å². The highest BCUT2D eigenvalue weighted by Gasteiger charge is 2.25. The fourth-order valence-electron chi connectivity index (χ4n) is 1.74. The van der Waals surface area contributed by atoms with Crippen LogP contribution in [0.15, 0.2) is 6.33 Å². The Balaban J connectivity index is 1.80. The van der Waals surface area contributed by atoms with Crippen LogP contribution in [0.1, 0.15) is 25.6 Å². The summed E-state index contributed by atoms with van der Waals surface area (Å²) in [5.41, 5.74) is 5.70. The molecule has 0 amide bonds. The van der Waals surface area contributed by atoms with Gasteiger partial charge in [0.2, 0.25) is 0 Å². The Morgan fingerprint density at radius 3 is 3.07 bits per heavy atom. The summed E-state index contributed by atoms with van der Waals surface area (Å²) in [6.07, 6.45) is 3.93. The van der Waals surface area contributed by atoms with E-state index in [2.05, 4.69) is 22.4 Å². The van der Waals surface area contributed by atoms with E-state index < -0.39 is 0 Å². The predicted molar refractivity (Wildman–Crippen MR) is 53.5 cm³/mol. The van der Waals surface area contributed by atoms with Crippen LogP contribution in [0.25, 0.3) is 0 Å². The number of rotatable bonds is 4. The molecule has 1 aliphatic rings. The Labute approximate surface area is 83.7 Å². The second-order valence-corrected chi connectivity index (χ2v) is 3.84. The molecule has 0 spiro atoms. The minimum absolute atomic E-state index is 0.400. The topological polar surface area (TPSA) is 68.8 Å². The van der Waals surface area contributed by atoms with Gasteiger partial charge in [-0.05, 0) is 19.8 Å². The molecule has 0 unspecified atom stereocenters. The maximum atomic E-state index is 5.70. The van der Waals surface area contributed by atoms with Crippen LogP contribution in [0.4, 0.5) is 0 Å². The molecule has 78 valence electrons. The van der Waals surface area contributed by atoms with Gasteiger partial charge in [0.05, 0.1) is 6.54 Å². The number of nitrogens with one attached hydrogen (secondary N) is 1. The van der Waals surface area contributed by atoms with E-state index in [1.165, 1.54) is 0 Å². The lowest BCUT2D eigenvalue weighted by Gasteiger charge is -2.33. The summed E-state index contributed by atoms with van der Waals surface area (Å²) in [7, 11) is 0. The van der Waals surface area contributed by atoms with E-state index in [-0.39, 0.29) is 0 Å². The zero-order valence-corrected chi connectivity index (χ0v) is 8.48. The Bertz CT molecular complexity index is 289. The number of nitrogens with zero attached hydrogens (tertiary/aromatic N) is 3. The summed E-state index contributed by atoms with van der Waals surface area (Å²) in [6, 6.07) is 0.976. The van der Waals surface area contributed by atoms with Crippen molar-refractivity contribution in [2.45, 2.75) is 44.9 Å². The smallest absolute Gasteiger partial charge is 0.146 e. The highest BCUT2D eigenvalue weighted by atomic mass is 15.3. The van der Waals surface area contributed by atoms with Crippen molar-refractivity contribution in [3.8, 4) is 0 Å². The number of nitrogens with two attached hydrogens (primary N) is 1. The van der Waals surface area contributed by atoms with Gasteiger partial charge in [0, 0.05) is 18.6 Å². The average molecular weight is 195 g/mol. The number of hydrogen-bond acceptors (Lipinski definition) is 4. The number of aryl methyl sites for hydroxylation is 1. The van der Waals surface area contributed by atoms with E-state index in [9.17, 15) is 0 Å². The van der Waals surface area contributed by atoms with E-state index in [1.807, 2.05) is 4.57 Å². The lowest BCUT2D eigenvalue weighted by Crippen LogP contribution is -2.48. The maximum absolute atomic E-state index is 5.70. The quantitative estimate of drug-likeness (QED) is 0.702. The molecular formula is C9H17N5. The standard InChI is InChI=1S/C9H17N5/c1-2-14-6-12-13-9(14)5-11-8-3-7(10)4-8/h6-8,11H,2-5,10H2,1H3. The molecule has 0 aliphatic heterocycles. The fourth-order valence-corrected chi connectivity index (χ4v) is 1.74. The van der Waals surface area contributed by atoms with Gasteiger partial charge in [-0.1, -0.05) is 0 Å². The van der Waals surface area contributed by atoms with Crippen molar-refractivity contribution >= 4 is 0 Å². The molecule has 1 saturated carbocycles. The molecule has 0 atom stereocenters. The highest BCUT2D eigenvalue weighted by molar-refractivity contribution is 4.91. The molecular weight excluding hydrogens is 178 g/mol. The minimum Gasteiger partial charge on any atom is -0.328 e. The average Bonchev–Trinajstić information content (AvgIpc) is 2.57. The van der Waals surface area contributed by atoms with E-state index in [0.29, 0.717) is 12.1 Å². The largest absolute Gasteiger partial charge is 0.328 e. The third-order valence-corrected chi connectivity index (χ3v) is 2.76. The SMILES string of the molecule is CCn1cnnc1CNC1CC(N)C1. The summed E-state index contributed by atoms with van der Waals surface area (Å²) in [4.78, 5) is 0. The highest BCUT2D eigenvalue weighted by Crippen LogP contribution is 2.17. The monoisotopic (exact) mass is 195 g/mol. The lowest BCUT2D eigenvalue weighted by molar-refractivity contribution is 0.287. The zero-order chi connectivity index (χ0) is 9.97. The molecule has 0 aromatic carbocycles. The molecule has 14 heavy (non-hydrogen) atoms. The van der Waals surface area contributed by atoms with Crippen molar-refractivity contribution in [2.24, 2.45) is 5.73 Å². The zero-order valence-electron chi connectivity index (χ0n) is 8.48. The first-order valence-electron chi connectivity index (χ1n) is 5.15. The first kappa shape index (κ1) is 9.61. The lowest BCUT2D eigenvalue weighted by atomic mass is 9.88. The van der Waals surface area contributed by atoms with E-state index >= 15 is 0 Å². The van der Waals surface area contributed by atoms with Crippen LogP contribution in [0.3, 0.4) is 0 Å². The van der Waals surface area contributed by atoms with Crippen molar-refractivity contribution in [3.63, 3.8) is 0 Å². The summed E-state index contributed by atoms with van der Waals surface area (Å²) in [5, 5.41) is 11.4. The predicted octanol–water partition coefficient (Wildman–Crippen LogP) is -0.123. The van der Waals surface area contributed by atoms with Crippen molar-refractivity contribution < 1.29 is 0 Å². The molecule has 1 aromatic rings. The third-order valence-electron chi connectivity index (χ3n) is 2.76. The van der Waals surface area contributed by atoms with Gasteiger partial charge < -0.3 is 15.6 Å². The van der Waals surface area contributed by atoms with Crippen molar-refractivity contribution in [1.29, 1.82) is 0 Å². The molecule has 0 bridgehead atoms. The Morgan fingerprint density at radius 1 is 1.64 bits per heavy atom. The van der Waals surface area contributed by atoms with E-state index in [1.54, 1.807) is 6.33 Å². The van der Waals surface area contributed by atoms with Gasteiger partial charge in [0.15, 0.2) is 0 Å². The number of hydrogen-bond donors (Lipinski definition) is 2. The minimum atomic E-state index is 0.400. The molecule has 5 heteroatoms. The second kappa shape index (κ2) is 4.06. The van der Waals surface area contributed by atoms with Gasteiger partial charge >= 0.3 is 0 Å². The van der Waals surface area contributed by atoms with Gasteiger partial charge in [0.1, 0.15) is 12.2 Å². The maximum Gasteiger partial charge on any atom is 0.146 e. The van der Waals surface area contributed by atoms with Gasteiger partial charge in [-0.15, -0.1) is 10.2 Å². The van der Waals surface area contributed by atoms with Crippen LogP contribution >= 0.6 is 0 Å².